The van der Waals surface area contributed by atoms with Crippen LogP contribution in [-0.2, 0) is 0 Å². The molecule has 3 atom stereocenters. The van der Waals surface area contributed by atoms with Crippen LogP contribution in [0.25, 0.3) is 34.2 Å². The van der Waals surface area contributed by atoms with E-state index in [2.05, 4.69) is 39.8 Å². The molecule has 0 saturated heterocycles. The lowest BCUT2D eigenvalue weighted by Gasteiger charge is -2.21. The van der Waals surface area contributed by atoms with Crippen LogP contribution in [0.5, 0.6) is 11.5 Å². The number of aromatic nitrogens is 3. The highest BCUT2D eigenvalue weighted by Crippen LogP contribution is 2.34. The fraction of sp³-hybridized carbons (Fsp3) is 0.604. The van der Waals surface area contributed by atoms with Crippen molar-refractivity contribution in [3.05, 3.63) is 76.9 Å². The molecule has 0 aliphatic rings. The second kappa shape index (κ2) is 27.2. The van der Waals surface area contributed by atoms with Gasteiger partial charge in [-0.1, -0.05) is 196 Å². The van der Waals surface area contributed by atoms with E-state index in [9.17, 15) is 15.3 Å². The third kappa shape index (κ3) is 16.9. The third-order valence-corrected chi connectivity index (χ3v) is 12.3. The van der Waals surface area contributed by atoms with Crippen LogP contribution in [0.2, 0.25) is 0 Å². The molecule has 0 spiro atoms. The molecule has 7 heteroatoms. The molecule has 3 unspecified atom stereocenters. The van der Waals surface area contributed by atoms with Crippen LogP contribution < -0.4 is 4.74 Å². The van der Waals surface area contributed by atoms with E-state index in [1.165, 1.54) is 128 Å². The van der Waals surface area contributed by atoms with Crippen molar-refractivity contribution in [2.45, 2.75) is 195 Å². The second-order valence-corrected chi connectivity index (χ2v) is 17.7. The Morgan fingerprint density at radius 3 is 1.33 bits per heavy atom. The summed E-state index contributed by atoms with van der Waals surface area (Å²) in [5.41, 5.74) is 6.68. The molecular formula is C53H79N3O4. The van der Waals surface area contributed by atoms with E-state index < -0.39 is 12.2 Å². The van der Waals surface area contributed by atoms with Gasteiger partial charge in [-0.3, -0.25) is 0 Å². The van der Waals surface area contributed by atoms with Crippen molar-refractivity contribution in [3.63, 3.8) is 0 Å². The average molecular weight is 822 g/mol. The fourth-order valence-corrected chi connectivity index (χ4v) is 8.50. The van der Waals surface area contributed by atoms with E-state index in [-0.39, 0.29) is 12.4 Å². The summed E-state index contributed by atoms with van der Waals surface area (Å²) in [7, 11) is 0. The second-order valence-electron chi connectivity index (χ2n) is 17.7. The number of benzene rings is 3. The Bertz CT molecular complexity index is 1760. The number of nitrogens with zero attached hydrogens (tertiary/aromatic N) is 3. The molecule has 60 heavy (non-hydrogen) atoms. The number of hydrogen-bond donors (Lipinski definition) is 3. The van der Waals surface area contributed by atoms with Crippen molar-refractivity contribution in [2.75, 3.05) is 6.61 Å². The largest absolute Gasteiger partial charge is 0.507 e. The number of ether oxygens (including phenoxy) is 1. The molecular weight excluding hydrogens is 743 g/mol. The molecule has 0 bridgehead atoms. The standard InChI is InChI=1S/C53H79N3O4/c1-7-9-11-13-15-16-17-19-21-23-26-43(25-22-20-18-14-12-10-8-2)27-24-28-48(57)50(59)38-60-44-31-34-47(49(58)37-44)53-55-51(45-32-29-39(3)35-41(45)5)54-52(56-53)46-33-30-40(4)36-42(46)6/h29-37,43,48,50,57-59H,7-28,38H2,1-6H3. The van der Waals surface area contributed by atoms with Crippen LogP contribution in [0.4, 0.5) is 0 Å². The molecule has 7 nitrogen and oxygen atoms in total. The number of unbranched alkanes of at least 4 members (excludes halogenated alkanes) is 15. The number of aliphatic hydroxyl groups is 2. The summed E-state index contributed by atoms with van der Waals surface area (Å²) < 4.78 is 5.92. The first-order valence-electron chi connectivity index (χ1n) is 23.8. The van der Waals surface area contributed by atoms with Gasteiger partial charge in [0.15, 0.2) is 17.5 Å². The predicted molar refractivity (Wildman–Crippen MR) is 251 cm³/mol. The quantitative estimate of drug-likeness (QED) is 0.0449. The maximum atomic E-state index is 11.3. The predicted octanol–water partition coefficient (Wildman–Crippen LogP) is 14.2. The Morgan fingerprint density at radius 1 is 0.467 bits per heavy atom. The first kappa shape index (κ1) is 48.9. The number of aryl methyl sites for hydroxylation is 4. The monoisotopic (exact) mass is 822 g/mol. The first-order valence-corrected chi connectivity index (χ1v) is 23.8. The Balaban J connectivity index is 1.31. The van der Waals surface area contributed by atoms with Gasteiger partial charge in [0, 0.05) is 17.2 Å². The van der Waals surface area contributed by atoms with Gasteiger partial charge in [0.1, 0.15) is 24.2 Å². The van der Waals surface area contributed by atoms with Gasteiger partial charge >= 0.3 is 0 Å². The van der Waals surface area contributed by atoms with Crippen LogP contribution in [-0.4, -0.2) is 49.1 Å². The molecule has 3 N–H and O–H groups in total. The van der Waals surface area contributed by atoms with Crippen molar-refractivity contribution in [2.24, 2.45) is 5.92 Å². The summed E-state index contributed by atoms with van der Waals surface area (Å²) in [5, 5.41) is 33.1. The molecule has 330 valence electrons. The van der Waals surface area contributed by atoms with Crippen LogP contribution in [0.3, 0.4) is 0 Å². The summed E-state index contributed by atoms with van der Waals surface area (Å²) in [6.07, 6.45) is 26.1. The molecule has 3 aromatic carbocycles. The van der Waals surface area contributed by atoms with Crippen molar-refractivity contribution in [3.8, 4) is 45.7 Å². The zero-order valence-electron chi connectivity index (χ0n) is 38.3. The van der Waals surface area contributed by atoms with Crippen molar-refractivity contribution in [1.82, 2.24) is 15.0 Å². The Hall–Kier alpha value is -3.81. The molecule has 0 aliphatic carbocycles. The number of aromatic hydroxyl groups is 1. The van der Waals surface area contributed by atoms with Crippen LogP contribution in [0, 0.1) is 33.6 Å². The summed E-state index contributed by atoms with van der Waals surface area (Å²) in [6.45, 7) is 12.7. The van der Waals surface area contributed by atoms with Crippen molar-refractivity contribution in [1.29, 1.82) is 0 Å². The minimum absolute atomic E-state index is 0.0405. The Kier molecular flexibility index (Phi) is 22.1. The Morgan fingerprint density at radius 2 is 0.883 bits per heavy atom. The number of rotatable bonds is 30. The number of aliphatic hydroxyl groups excluding tert-OH is 2. The lowest BCUT2D eigenvalue weighted by atomic mass is 9.89. The summed E-state index contributed by atoms with van der Waals surface area (Å²) in [5.74, 6) is 2.47. The molecule has 4 rings (SSSR count). The zero-order chi connectivity index (χ0) is 43.1. The van der Waals surface area contributed by atoms with Gasteiger partial charge in [-0.05, 0) is 63.3 Å². The normalized spacial score (nSPS) is 13.1. The maximum absolute atomic E-state index is 11.3. The van der Waals surface area contributed by atoms with Gasteiger partial charge in [0.05, 0.1) is 11.7 Å². The van der Waals surface area contributed by atoms with E-state index >= 15 is 0 Å². The molecule has 0 saturated carbocycles. The smallest absolute Gasteiger partial charge is 0.167 e. The van der Waals surface area contributed by atoms with E-state index in [1.807, 2.05) is 38.1 Å². The third-order valence-electron chi connectivity index (χ3n) is 12.3. The van der Waals surface area contributed by atoms with Crippen molar-refractivity contribution < 1.29 is 20.1 Å². The molecule has 0 fully saturated rings. The highest BCUT2D eigenvalue weighted by Gasteiger charge is 2.20. The van der Waals surface area contributed by atoms with Gasteiger partial charge in [0.2, 0.25) is 0 Å². The van der Waals surface area contributed by atoms with Crippen LogP contribution in [0.15, 0.2) is 54.6 Å². The summed E-state index contributed by atoms with van der Waals surface area (Å²) >= 11 is 0. The van der Waals surface area contributed by atoms with E-state index in [1.54, 1.807) is 12.1 Å². The minimum atomic E-state index is -1.03. The van der Waals surface area contributed by atoms with Crippen LogP contribution >= 0.6 is 0 Å². The van der Waals surface area contributed by atoms with Gasteiger partial charge < -0.3 is 20.1 Å². The van der Waals surface area contributed by atoms with Gasteiger partial charge in [-0.25, -0.2) is 15.0 Å². The Labute approximate surface area is 363 Å². The number of phenolic OH excluding ortho intramolecular Hbond substituents is 1. The molecule has 1 aromatic heterocycles. The van der Waals surface area contributed by atoms with E-state index in [0.29, 0.717) is 41.1 Å². The number of phenols is 1. The molecule has 4 aromatic rings. The molecule has 0 aliphatic heterocycles. The highest BCUT2D eigenvalue weighted by molar-refractivity contribution is 5.72. The van der Waals surface area contributed by atoms with Crippen molar-refractivity contribution >= 4 is 0 Å². The lowest BCUT2D eigenvalue weighted by Crippen LogP contribution is -2.31. The molecule has 1 heterocycles. The maximum Gasteiger partial charge on any atom is 0.167 e. The fourth-order valence-electron chi connectivity index (χ4n) is 8.50. The van der Waals surface area contributed by atoms with E-state index in [0.717, 1.165) is 46.2 Å². The highest BCUT2D eigenvalue weighted by atomic mass is 16.5. The zero-order valence-corrected chi connectivity index (χ0v) is 38.3. The lowest BCUT2D eigenvalue weighted by molar-refractivity contribution is -0.0131. The van der Waals surface area contributed by atoms with E-state index in [4.69, 9.17) is 19.7 Å². The first-order chi connectivity index (χ1) is 29.1. The SMILES string of the molecule is CCCCCCCCCCCCC(CCCCCCCCC)CCCC(O)C(O)COc1ccc(-c2nc(-c3ccc(C)cc3C)nc(-c3ccc(C)cc3C)n2)c(O)c1. The number of hydrogen-bond acceptors (Lipinski definition) is 7. The van der Waals surface area contributed by atoms with Gasteiger partial charge in [-0.15, -0.1) is 0 Å². The van der Waals surface area contributed by atoms with Gasteiger partial charge in [-0.2, -0.15) is 0 Å². The molecule has 0 radical (unpaired) electrons. The summed E-state index contributed by atoms with van der Waals surface area (Å²) in [4.78, 5) is 14.6. The molecule has 0 amide bonds. The minimum Gasteiger partial charge on any atom is -0.507 e. The average Bonchev–Trinajstić information content (AvgIpc) is 3.22. The van der Waals surface area contributed by atoms with Gasteiger partial charge in [0.25, 0.3) is 0 Å². The topological polar surface area (TPSA) is 109 Å². The summed E-state index contributed by atoms with van der Waals surface area (Å²) in [6, 6.07) is 17.4. The van der Waals surface area contributed by atoms with Crippen LogP contribution in [0.1, 0.15) is 177 Å².